The van der Waals surface area contributed by atoms with Crippen molar-refractivity contribution in [3.63, 3.8) is 0 Å². The number of carbonyl (C=O) groups is 1. The van der Waals surface area contributed by atoms with Gasteiger partial charge in [0.25, 0.3) is 0 Å². The normalized spacial score (nSPS) is 8.80. The summed E-state index contributed by atoms with van der Waals surface area (Å²) in [6.07, 6.45) is 1.13. The highest BCUT2D eigenvalue weighted by atomic mass is 32.1. The van der Waals surface area contributed by atoms with Crippen LogP contribution in [0.3, 0.4) is 0 Å². The topological polar surface area (TPSA) is 26.3 Å². The molecule has 10 heavy (non-hydrogen) atoms. The maximum absolute atomic E-state index is 10.8. The number of ether oxygens (including phenoxy) is 1. The molecule has 1 rings (SSSR count). The Hall–Kier alpha value is -1.09. The molecule has 1 aromatic rings. The Bertz CT molecular complexity index is 226. The van der Waals surface area contributed by atoms with Gasteiger partial charge in [-0.3, -0.25) is 0 Å². The quantitative estimate of drug-likeness (QED) is 0.481. The molecule has 0 aromatic carbocycles. The van der Waals surface area contributed by atoms with Crippen molar-refractivity contribution < 1.29 is 9.53 Å². The predicted octanol–water partition coefficient (Wildman–Crippen LogP) is 2.05. The lowest BCUT2D eigenvalue weighted by molar-refractivity contribution is 0.0669. The van der Waals surface area contributed by atoms with E-state index in [4.69, 9.17) is 0 Å². The minimum absolute atomic E-state index is 0.343. The number of thiophene rings is 1. The Balaban J connectivity index is 2.68. The summed E-state index contributed by atoms with van der Waals surface area (Å²) in [6.45, 7) is 3.27. The standard InChI is InChI=1S/C7H6O2S/c1-2-9-7(8)6-4-3-5-10-6/h2-5H,1H2. The van der Waals surface area contributed by atoms with Gasteiger partial charge in [0.15, 0.2) is 0 Å². The van der Waals surface area contributed by atoms with Crippen molar-refractivity contribution in [3.05, 3.63) is 35.2 Å². The van der Waals surface area contributed by atoms with Crippen LogP contribution in [0.4, 0.5) is 0 Å². The second-order valence-corrected chi connectivity index (χ2v) is 2.50. The van der Waals surface area contributed by atoms with Gasteiger partial charge >= 0.3 is 5.97 Å². The van der Waals surface area contributed by atoms with Crippen LogP contribution in [0.25, 0.3) is 0 Å². The van der Waals surface area contributed by atoms with Gasteiger partial charge in [-0.25, -0.2) is 4.79 Å². The van der Waals surface area contributed by atoms with E-state index < -0.39 is 0 Å². The molecule has 0 saturated carbocycles. The first-order valence-electron chi connectivity index (χ1n) is 2.70. The van der Waals surface area contributed by atoms with Gasteiger partial charge < -0.3 is 4.74 Å². The van der Waals surface area contributed by atoms with Crippen LogP contribution in [0.5, 0.6) is 0 Å². The Kier molecular flexibility index (Phi) is 2.23. The molecule has 0 amide bonds. The van der Waals surface area contributed by atoms with Gasteiger partial charge in [0, 0.05) is 0 Å². The minimum atomic E-state index is -0.343. The summed E-state index contributed by atoms with van der Waals surface area (Å²) >= 11 is 1.35. The molecule has 0 fully saturated rings. The number of hydrogen-bond donors (Lipinski definition) is 0. The molecule has 3 heteroatoms. The van der Waals surface area contributed by atoms with Gasteiger partial charge in [-0.15, -0.1) is 11.3 Å². The lowest BCUT2D eigenvalue weighted by Gasteiger charge is -1.91. The second-order valence-electron chi connectivity index (χ2n) is 1.55. The summed E-state index contributed by atoms with van der Waals surface area (Å²) in [5.74, 6) is -0.343. The van der Waals surface area contributed by atoms with Crippen LogP contribution >= 0.6 is 11.3 Å². The molecular formula is C7H6O2S. The maximum Gasteiger partial charge on any atom is 0.353 e. The van der Waals surface area contributed by atoms with Crippen molar-refractivity contribution in [2.24, 2.45) is 0 Å². The van der Waals surface area contributed by atoms with Crippen LogP contribution in [0.15, 0.2) is 30.4 Å². The van der Waals surface area contributed by atoms with E-state index in [2.05, 4.69) is 11.3 Å². The molecule has 0 bridgehead atoms. The highest BCUT2D eigenvalue weighted by Gasteiger charge is 2.04. The molecule has 0 N–H and O–H groups in total. The molecule has 0 atom stereocenters. The molecule has 0 aliphatic heterocycles. The van der Waals surface area contributed by atoms with Crippen molar-refractivity contribution in [1.29, 1.82) is 0 Å². The van der Waals surface area contributed by atoms with E-state index in [-0.39, 0.29) is 5.97 Å². The first-order valence-corrected chi connectivity index (χ1v) is 3.58. The van der Waals surface area contributed by atoms with Crippen LogP contribution in [0.1, 0.15) is 9.67 Å². The number of carbonyl (C=O) groups excluding carboxylic acids is 1. The average molecular weight is 154 g/mol. The zero-order valence-electron chi connectivity index (χ0n) is 5.24. The van der Waals surface area contributed by atoms with E-state index in [0.717, 1.165) is 6.26 Å². The van der Waals surface area contributed by atoms with E-state index >= 15 is 0 Å². The van der Waals surface area contributed by atoms with Gasteiger partial charge in [0.1, 0.15) is 4.88 Å². The van der Waals surface area contributed by atoms with Crippen LogP contribution in [-0.2, 0) is 4.74 Å². The molecule has 0 aliphatic carbocycles. The van der Waals surface area contributed by atoms with Crippen molar-refractivity contribution in [1.82, 2.24) is 0 Å². The number of esters is 1. The van der Waals surface area contributed by atoms with Crippen LogP contribution in [0, 0.1) is 0 Å². The van der Waals surface area contributed by atoms with Gasteiger partial charge in [-0.2, -0.15) is 0 Å². The largest absolute Gasteiger partial charge is 0.431 e. The van der Waals surface area contributed by atoms with Gasteiger partial charge in [0.2, 0.25) is 0 Å². The van der Waals surface area contributed by atoms with Crippen molar-refractivity contribution in [2.75, 3.05) is 0 Å². The molecular weight excluding hydrogens is 148 g/mol. The first-order chi connectivity index (χ1) is 4.84. The minimum Gasteiger partial charge on any atom is -0.431 e. The third-order valence-corrected chi connectivity index (χ3v) is 1.76. The molecule has 0 radical (unpaired) electrons. The Morgan fingerprint density at radius 3 is 3.10 bits per heavy atom. The van der Waals surface area contributed by atoms with E-state index in [1.165, 1.54) is 11.3 Å². The Labute approximate surface area is 62.8 Å². The van der Waals surface area contributed by atoms with Crippen LogP contribution in [0.2, 0.25) is 0 Å². The Morgan fingerprint density at radius 2 is 2.60 bits per heavy atom. The van der Waals surface area contributed by atoms with Crippen molar-refractivity contribution in [2.45, 2.75) is 0 Å². The summed E-state index contributed by atoms with van der Waals surface area (Å²) in [5, 5.41) is 1.82. The summed E-state index contributed by atoms with van der Waals surface area (Å²) in [6, 6.07) is 3.50. The fraction of sp³-hybridized carbons (Fsp3) is 0. The summed E-state index contributed by atoms with van der Waals surface area (Å²) in [4.78, 5) is 11.4. The zero-order valence-corrected chi connectivity index (χ0v) is 6.06. The van der Waals surface area contributed by atoms with Gasteiger partial charge in [-0.05, 0) is 11.4 Å². The molecule has 0 unspecified atom stereocenters. The van der Waals surface area contributed by atoms with E-state index in [1.54, 1.807) is 12.1 Å². The molecule has 0 saturated heterocycles. The predicted molar refractivity (Wildman–Crippen MR) is 39.9 cm³/mol. The van der Waals surface area contributed by atoms with Gasteiger partial charge in [0.05, 0.1) is 6.26 Å². The zero-order chi connectivity index (χ0) is 7.40. The number of rotatable bonds is 2. The molecule has 52 valence electrons. The fourth-order valence-electron chi connectivity index (χ4n) is 0.528. The first kappa shape index (κ1) is 7.02. The SMILES string of the molecule is C=COC(=O)c1cccs1. The van der Waals surface area contributed by atoms with Crippen molar-refractivity contribution in [3.8, 4) is 0 Å². The van der Waals surface area contributed by atoms with E-state index in [9.17, 15) is 4.79 Å². The van der Waals surface area contributed by atoms with Crippen molar-refractivity contribution >= 4 is 17.3 Å². The summed E-state index contributed by atoms with van der Waals surface area (Å²) in [5.41, 5.74) is 0. The number of hydrogen-bond acceptors (Lipinski definition) is 3. The monoisotopic (exact) mass is 154 g/mol. The average Bonchev–Trinajstić information content (AvgIpc) is 2.38. The summed E-state index contributed by atoms with van der Waals surface area (Å²) in [7, 11) is 0. The summed E-state index contributed by atoms with van der Waals surface area (Å²) < 4.78 is 4.52. The third kappa shape index (κ3) is 1.45. The smallest absolute Gasteiger partial charge is 0.353 e. The highest BCUT2D eigenvalue weighted by molar-refractivity contribution is 7.11. The lowest BCUT2D eigenvalue weighted by atomic mass is 10.5. The van der Waals surface area contributed by atoms with Gasteiger partial charge in [-0.1, -0.05) is 12.6 Å². The molecule has 0 aliphatic rings. The van der Waals surface area contributed by atoms with E-state index in [0.29, 0.717) is 4.88 Å². The Morgan fingerprint density at radius 1 is 1.80 bits per heavy atom. The molecule has 1 heterocycles. The molecule has 0 spiro atoms. The third-order valence-electron chi connectivity index (χ3n) is 0.913. The molecule has 2 nitrogen and oxygen atoms in total. The lowest BCUT2D eigenvalue weighted by Crippen LogP contribution is -1.95. The van der Waals surface area contributed by atoms with Crippen LogP contribution < -0.4 is 0 Å². The molecule has 1 aromatic heterocycles. The maximum atomic E-state index is 10.8. The van der Waals surface area contributed by atoms with E-state index in [1.807, 2.05) is 5.38 Å². The second kappa shape index (κ2) is 3.17. The fourth-order valence-corrected chi connectivity index (χ4v) is 1.13. The van der Waals surface area contributed by atoms with Crippen LogP contribution in [-0.4, -0.2) is 5.97 Å². The highest BCUT2D eigenvalue weighted by Crippen LogP contribution is 2.09.